The SMILES string of the molecule is COc1cccc(N2C(=O)C[C@H](N3CCN(Cc4ccc5c(c4)OCO5)CC3)C2=O)c1. The van der Waals surface area contributed by atoms with Gasteiger partial charge in [-0.3, -0.25) is 19.4 Å². The molecule has 5 rings (SSSR count). The van der Waals surface area contributed by atoms with Gasteiger partial charge in [0, 0.05) is 38.8 Å². The van der Waals surface area contributed by atoms with Crippen LogP contribution in [0.1, 0.15) is 12.0 Å². The summed E-state index contributed by atoms with van der Waals surface area (Å²) in [6, 6.07) is 12.7. The van der Waals surface area contributed by atoms with Gasteiger partial charge in [0.15, 0.2) is 11.5 Å². The molecular weight excluding hydrogens is 398 g/mol. The first-order valence-corrected chi connectivity index (χ1v) is 10.5. The van der Waals surface area contributed by atoms with Crippen molar-refractivity contribution in [3.63, 3.8) is 0 Å². The molecular formula is C23H25N3O5. The molecule has 0 unspecified atom stereocenters. The Morgan fingerprint density at radius 2 is 1.81 bits per heavy atom. The molecule has 3 aliphatic heterocycles. The third kappa shape index (κ3) is 3.84. The Balaban J connectivity index is 1.20. The number of carbonyl (C=O) groups is 2. The summed E-state index contributed by atoms with van der Waals surface area (Å²) < 4.78 is 16.1. The molecule has 8 nitrogen and oxygen atoms in total. The Bertz CT molecular complexity index is 1000. The molecule has 2 aromatic rings. The summed E-state index contributed by atoms with van der Waals surface area (Å²) in [4.78, 5) is 31.5. The van der Waals surface area contributed by atoms with Gasteiger partial charge in [0.1, 0.15) is 5.75 Å². The van der Waals surface area contributed by atoms with E-state index < -0.39 is 6.04 Å². The Morgan fingerprint density at radius 3 is 2.61 bits per heavy atom. The highest BCUT2D eigenvalue weighted by molar-refractivity contribution is 6.22. The number of amides is 2. The highest BCUT2D eigenvalue weighted by Gasteiger charge is 2.43. The maximum absolute atomic E-state index is 13.1. The van der Waals surface area contributed by atoms with E-state index in [0.717, 1.165) is 44.2 Å². The van der Waals surface area contributed by atoms with Gasteiger partial charge in [-0.05, 0) is 29.8 Å². The predicted octanol–water partition coefficient (Wildman–Crippen LogP) is 1.87. The number of methoxy groups -OCH3 is 1. The van der Waals surface area contributed by atoms with Crippen molar-refractivity contribution < 1.29 is 23.8 Å². The molecule has 0 spiro atoms. The standard InChI is InChI=1S/C23H25N3O5/c1-29-18-4-2-3-17(12-18)26-22(27)13-19(23(26)28)25-9-7-24(8-10-25)14-16-5-6-20-21(11-16)31-15-30-20/h2-6,11-12,19H,7-10,13-15H2,1H3/t19-/m0/s1. The second kappa shape index (κ2) is 8.20. The molecule has 2 amide bonds. The minimum absolute atomic E-state index is 0.150. The van der Waals surface area contributed by atoms with E-state index in [1.54, 1.807) is 31.4 Å². The summed E-state index contributed by atoms with van der Waals surface area (Å²) in [5.74, 6) is 1.90. The normalized spacial score (nSPS) is 21.7. The molecule has 2 saturated heterocycles. The number of imide groups is 1. The number of carbonyl (C=O) groups excluding carboxylic acids is 2. The van der Waals surface area contributed by atoms with E-state index in [4.69, 9.17) is 14.2 Å². The van der Waals surface area contributed by atoms with Crippen LogP contribution in [-0.2, 0) is 16.1 Å². The van der Waals surface area contributed by atoms with Gasteiger partial charge in [0.2, 0.25) is 12.7 Å². The zero-order valence-electron chi connectivity index (χ0n) is 17.5. The topological polar surface area (TPSA) is 71.6 Å². The van der Waals surface area contributed by atoms with Gasteiger partial charge in [-0.25, -0.2) is 4.90 Å². The van der Waals surface area contributed by atoms with E-state index in [1.165, 1.54) is 10.5 Å². The average Bonchev–Trinajstić information content (AvgIpc) is 3.37. The second-order valence-corrected chi connectivity index (χ2v) is 7.99. The molecule has 31 heavy (non-hydrogen) atoms. The molecule has 0 aliphatic carbocycles. The molecule has 2 aromatic carbocycles. The van der Waals surface area contributed by atoms with Crippen molar-refractivity contribution in [3.8, 4) is 17.2 Å². The van der Waals surface area contributed by atoms with Gasteiger partial charge < -0.3 is 14.2 Å². The van der Waals surface area contributed by atoms with Crippen molar-refractivity contribution in [2.24, 2.45) is 0 Å². The van der Waals surface area contributed by atoms with Gasteiger partial charge in [-0.2, -0.15) is 0 Å². The fourth-order valence-corrected chi connectivity index (χ4v) is 4.45. The van der Waals surface area contributed by atoms with Gasteiger partial charge >= 0.3 is 0 Å². The zero-order chi connectivity index (χ0) is 21.4. The molecule has 0 N–H and O–H groups in total. The summed E-state index contributed by atoms with van der Waals surface area (Å²) in [7, 11) is 1.57. The largest absolute Gasteiger partial charge is 0.497 e. The first-order chi connectivity index (χ1) is 15.1. The maximum Gasteiger partial charge on any atom is 0.251 e. The van der Waals surface area contributed by atoms with Crippen LogP contribution in [0.25, 0.3) is 0 Å². The van der Waals surface area contributed by atoms with Crippen molar-refractivity contribution in [1.82, 2.24) is 9.80 Å². The summed E-state index contributed by atoms with van der Waals surface area (Å²) >= 11 is 0. The number of fused-ring (bicyclic) bond motifs is 1. The van der Waals surface area contributed by atoms with Crippen LogP contribution >= 0.6 is 0 Å². The van der Waals surface area contributed by atoms with Crippen molar-refractivity contribution in [2.45, 2.75) is 19.0 Å². The number of hydrogen-bond acceptors (Lipinski definition) is 7. The van der Waals surface area contributed by atoms with Crippen molar-refractivity contribution in [1.29, 1.82) is 0 Å². The predicted molar refractivity (Wildman–Crippen MR) is 113 cm³/mol. The first kappa shape index (κ1) is 19.8. The molecule has 8 heteroatoms. The average molecular weight is 423 g/mol. The van der Waals surface area contributed by atoms with Crippen LogP contribution in [0.4, 0.5) is 5.69 Å². The third-order valence-corrected chi connectivity index (χ3v) is 6.13. The summed E-state index contributed by atoms with van der Waals surface area (Å²) in [5.41, 5.74) is 1.74. The van der Waals surface area contributed by atoms with Gasteiger partial charge in [-0.15, -0.1) is 0 Å². The Hall–Kier alpha value is -3.10. The third-order valence-electron chi connectivity index (χ3n) is 6.13. The Kier molecular flexibility index (Phi) is 5.25. The molecule has 3 heterocycles. The second-order valence-electron chi connectivity index (χ2n) is 7.99. The summed E-state index contributed by atoms with van der Waals surface area (Å²) in [6.07, 6.45) is 0.220. The van der Waals surface area contributed by atoms with Gasteiger partial charge in [-0.1, -0.05) is 12.1 Å². The van der Waals surface area contributed by atoms with Crippen LogP contribution in [0.15, 0.2) is 42.5 Å². The number of piperazine rings is 1. The number of ether oxygens (including phenoxy) is 3. The molecule has 0 radical (unpaired) electrons. The van der Waals surface area contributed by atoms with Crippen LogP contribution in [0.2, 0.25) is 0 Å². The summed E-state index contributed by atoms with van der Waals surface area (Å²) in [6.45, 7) is 4.27. The van der Waals surface area contributed by atoms with Crippen LogP contribution in [0, 0.1) is 0 Å². The lowest BCUT2D eigenvalue weighted by atomic mass is 10.1. The molecule has 2 fully saturated rings. The monoisotopic (exact) mass is 423 g/mol. The maximum atomic E-state index is 13.1. The van der Waals surface area contributed by atoms with E-state index >= 15 is 0 Å². The first-order valence-electron chi connectivity index (χ1n) is 10.5. The highest BCUT2D eigenvalue weighted by atomic mass is 16.7. The van der Waals surface area contributed by atoms with Gasteiger partial charge in [0.25, 0.3) is 5.91 Å². The smallest absolute Gasteiger partial charge is 0.251 e. The van der Waals surface area contributed by atoms with Crippen molar-refractivity contribution in [3.05, 3.63) is 48.0 Å². The Labute approximate surface area is 180 Å². The number of rotatable bonds is 5. The lowest BCUT2D eigenvalue weighted by molar-refractivity contribution is -0.123. The van der Waals surface area contributed by atoms with Gasteiger partial charge in [0.05, 0.1) is 25.3 Å². The zero-order valence-corrected chi connectivity index (χ0v) is 17.5. The van der Waals surface area contributed by atoms with Crippen LogP contribution in [0.3, 0.4) is 0 Å². The van der Waals surface area contributed by atoms with Crippen LogP contribution in [0.5, 0.6) is 17.2 Å². The minimum atomic E-state index is -0.397. The molecule has 3 aliphatic rings. The number of hydrogen-bond donors (Lipinski definition) is 0. The highest BCUT2D eigenvalue weighted by Crippen LogP contribution is 2.33. The molecule has 162 valence electrons. The molecule has 0 saturated carbocycles. The molecule has 0 bridgehead atoms. The van der Waals surface area contributed by atoms with Crippen LogP contribution < -0.4 is 19.1 Å². The van der Waals surface area contributed by atoms with E-state index in [9.17, 15) is 9.59 Å². The number of nitrogens with zero attached hydrogens (tertiary/aromatic N) is 3. The van der Waals surface area contributed by atoms with E-state index in [0.29, 0.717) is 11.4 Å². The molecule has 0 aromatic heterocycles. The number of anilines is 1. The molecule has 1 atom stereocenters. The quantitative estimate of drug-likeness (QED) is 0.680. The fourth-order valence-electron chi connectivity index (χ4n) is 4.45. The van der Waals surface area contributed by atoms with E-state index in [-0.39, 0.29) is 25.0 Å². The summed E-state index contributed by atoms with van der Waals surface area (Å²) in [5, 5.41) is 0. The van der Waals surface area contributed by atoms with Crippen LogP contribution in [-0.4, -0.2) is 67.7 Å². The lowest BCUT2D eigenvalue weighted by Crippen LogP contribution is -2.52. The van der Waals surface area contributed by atoms with Crippen molar-refractivity contribution in [2.75, 3.05) is 45.0 Å². The Morgan fingerprint density at radius 1 is 1.00 bits per heavy atom. The minimum Gasteiger partial charge on any atom is -0.497 e. The lowest BCUT2D eigenvalue weighted by Gasteiger charge is -2.37. The fraction of sp³-hybridized carbons (Fsp3) is 0.391. The van der Waals surface area contributed by atoms with E-state index in [1.807, 2.05) is 12.1 Å². The van der Waals surface area contributed by atoms with E-state index in [2.05, 4.69) is 15.9 Å². The van der Waals surface area contributed by atoms with Crippen molar-refractivity contribution >= 4 is 17.5 Å². The number of benzene rings is 2.